The van der Waals surface area contributed by atoms with Gasteiger partial charge in [0.25, 0.3) is 0 Å². The number of hydrogen-bond acceptors (Lipinski definition) is 4. The number of aromatic carboxylic acids is 1. The van der Waals surface area contributed by atoms with E-state index in [1.807, 2.05) is 20.8 Å². The number of pyridine rings is 1. The lowest BCUT2D eigenvalue weighted by atomic mass is 10.1. The van der Waals surface area contributed by atoms with Crippen LogP contribution in [0.3, 0.4) is 0 Å². The summed E-state index contributed by atoms with van der Waals surface area (Å²) in [4.78, 5) is 14.9. The number of benzene rings is 1. The van der Waals surface area contributed by atoms with Crippen LogP contribution in [0.2, 0.25) is 0 Å². The van der Waals surface area contributed by atoms with Crippen molar-refractivity contribution in [2.45, 2.75) is 20.8 Å². The molecule has 104 valence electrons. The van der Waals surface area contributed by atoms with Gasteiger partial charge >= 0.3 is 5.97 Å². The molecule has 0 saturated heterocycles. The molecule has 0 fully saturated rings. The van der Waals surface area contributed by atoms with Crippen molar-refractivity contribution in [2.75, 3.05) is 11.1 Å². The lowest BCUT2D eigenvalue weighted by molar-refractivity contribution is 0.0696. The third-order valence-electron chi connectivity index (χ3n) is 3.08. The van der Waals surface area contributed by atoms with Gasteiger partial charge in [-0.15, -0.1) is 0 Å². The smallest absolute Gasteiger partial charge is 0.337 e. The molecule has 1 heterocycles. The zero-order chi connectivity index (χ0) is 14.9. The Morgan fingerprint density at radius 2 is 1.80 bits per heavy atom. The molecule has 0 aliphatic heterocycles. The van der Waals surface area contributed by atoms with Crippen molar-refractivity contribution in [3.8, 4) is 0 Å². The highest BCUT2D eigenvalue weighted by Crippen LogP contribution is 2.27. The Morgan fingerprint density at radius 3 is 2.30 bits per heavy atom. The van der Waals surface area contributed by atoms with Crippen molar-refractivity contribution >= 4 is 23.2 Å². The molecule has 0 radical (unpaired) electrons. The molecule has 0 aliphatic carbocycles. The normalized spacial score (nSPS) is 10.3. The fourth-order valence-corrected chi connectivity index (χ4v) is 2.20. The van der Waals surface area contributed by atoms with Gasteiger partial charge in [0.2, 0.25) is 0 Å². The molecule has 5 nitrogen and oxygen atoms in total. The first-order valence-electron chi connectivity index (χ1n) is 6.22. The Morgan fingerprint density at radius 1 is 1.20 bits per heavy atom. The summed E-state index contributed by atoms with van der Waals surface area (Å²) in [6.07, 6.45) is 1.29. The highest BCUT2D eigenvalue weighted by molar-refractivity contribution is 5.89. The molecule has 0 bridgehead atoms. The Bertz CT molecular complexity index is 658. The number of nitrogens with one attached hydrogen (secondary N) is 1. The first kappa shape index (κ1) is 13.9. The molecule has 1 aromatic heterocycles. The van der Waals surface area contributed by atoms with E-state index in [0.717, 1.165) is 16.8 Å². The Labute approximate surface area is 117 Å². The monoisotopic (exact) mass is 271 g/mol. The quantitative estimate of drug-likeness (QED) is 0.798. The Hall–Kier alpha value is -2.56. The summed E-state index contributed by atoms with van der Waals surface area (Å²) in [5.74, 6) is -0.580. The number of aromatic nitrogens is 1. The second kappa shape index (κ2) is 5.21. The van der Waals surface area contributed by atoms with E-state index in [4.69, 9.17) is 10.8 Å². The Balaban J connectivity index is 2.38. The van der Waals surface area contributed by atoms with E-state index in [1.165, 1.54) is 17.8 Å². The summed E-state index contributed by atoms with van der Waals surface area (Å²) in [6, 6.07) is 5.53. The average Bonchev–Trinajstić information content (AvgIpc) is 2.34. The summed E-state index contributed by atoms with van der Waals surface area (Å²) in [5, 5.41) is 12.1. The van der Waals surface area contributed by atoms with Gasteiger partial charge in [0.15, 0.2) is 5.82 Å². The van der Waals surface area contributed by atoms with Gasteiger partial charge in [-0.25, -0.2) is 9.78 Å². The summed E-state index contributed by atoms with van der Waals surface area (Å²) >= 11 is 0. The van der Waals surface area contributed by atoms with Crippen molar-refractivity contribution < 1.29 is 9.90 Å². The highest BCUT2D eigenvalue weighted by Gasteiger charge is 2.10. The van der Waals surface area contributed by atoms with Gasteiger partial charge in [-0.2, -0.15) is 0 Å². The van der Waals surface area contributed by atoms with E-state index in [0.29, 0.717) is 11.5 Å². The third kappa shape index (κ3) is 2.71. The lowest BCUT2D eigenvalue weighted by Gasteiger charge is -2.14. The standard InChI is InChI=1S/C15H17N3O2/c1-8-4-9(2)13(10(3)5-8)18-14-12(16)6-11(7-17-14)15(19)20/h4-7H,16H2,1-3H3,(H,17,18)(H,19,20). The third-order valence-corrected chi connectivity index (χ3v) is 3.08. The van der Waals surface area contributed by atoms with Gasteiger partial charge < -0.3 is 16.2 Å². The molecule has 0 amide bonds. The number of nitrogen functional groups attached to an aromatic ring is 1. The zero-order valence-corrected chi connectivity index (χ0v) is 11.7. The van der Waals surface area contributed by atoms with Crippen molar-refractivity contribution in [2.24, 2.45) is 0 Å². The Kier molecular flexibility index (Phi) is 3.61. The van der Waals surface area contributed by atoms with Gasteiger partial charge in [-0.05, 0) is 38.0 Å². The average molecular weight is 271 g/mol. The first-order valence-corrected chi connectivity index (χ1v) is 6.22. The van der Waals surface area contributed by atoms with Crippen LogP contribution in [0.5, 0.6) is 0 Å². The molecule has 2 rings (SSSR count). The van der Waals surface area contributed by atoms with Crippen LogP contribution in [-0.4, -0.2) is 16.1 Å². The number of hydrogen-bond donors (Lipinski definition) is 3. The fraction of sp³-hybridized carbons (Fsp3) is 0.200. The molecule has 0 saturated carbocycles. The van der Waals surface area contributed by atoms with Gasteiger partial charge in [0, 0.05) is 11.9 Å². The van der Waals surface area contributed by atoms with Crippen LogP contribution in [0.1, 0.15) is 27.0 Å². The van der Waals surface area contributed by atoms with Crippen LogP contribution in [0, 0.1) is 20.8 Å². The van der Waals surface area contributed by atoms with Crippen molar-refractivity contribution in [3.05, 3.63) is 46.6 Å². The number of rotatable bonds is 3. The van der Waals surface area contributed by atoms with Crippen LogP contribution in [0.15, 0.2) is 24.4 Å². The molecule has 5 heteroatoms. The zero-order valence-electron chi connectivity index (χ0n) is 11.7. The molecule has 0 atom stereocenters. The number of anilines is 3. The number of carboxylic acid groups (broad SMARTS) is 1. The lowest BCUT2D eigenvalue weighted by Crippen LogP contribution is -2.05. The van der Waals surface area contributed by atoms with E-state index in [1.54, 1.807) is 0 Å². The van der Waals surface area contributed by atoms with Gasteiger partial charge in [-0.1, -0.05) is 17.7 Å². The molecule has 2 aromatic rings. The first-order chi connectivity index (χ1) is 9.38. The number of nitrogens with zero attached hydrogens (tertiary/aromatic N) is 1. The van der Waals surface area contributed by atoms with Gasteiger partial charge in [0.1, 0.15) is 0 Å². The van der Waals surface area contributed by atoms with Crippen LogP contribution >= 0.6 is 0 Å². The minimum atomic E-state index is -1.04. The maximum atomic E-state index is 10.9. The van der Waals surface area contributed by atoms with Gasteiger partial charge in [0.05, 0.1) is 11.3 Å². The summed E-state index contributed by atoms with van der Waals surface area (Å²) in [5.41, 5.74) is 10.5. The van der Waals surface area contributed by atoms with Crippen molar-refractivity contribution in [1.82, 2.24) is 4.98 Å². The van der Waals surface area contributed by atoms with Gasteiger partial charge in [-0.3, -0.25) is 0 Å². The van der Waals surface area contributed by atoms with Crippen molar-refractivity contribution in [1.29, 1.82) is 0 Å². The SMILES string of the molecule is Cc1cc(C)c(Nc2ncc(C(=O)O)cc2N)c(C)c1. The fourth-order valence-electron chi connectivity index (χ4n) is 2.20. The van der Waals surface area contributed by atoms with E-state index in [9.17, 15) is 4.79 Å². The molecule has 20 heavy (non-hydrogen) atoms. The van der Waals surface area contributed by atoms with Crippen LogP contribution in [0.4, 0.5) is 17.2 Å². The minimum Gasteiger partial charge on any atom is -0.478 e. The molecule has 0 aliphatic rings. The highest BCUT2D eigenvalue weighted by atomic mass is 16.4. The van der Waals surface area contributed by atoms with Crippen LogP contribution in [-0.2, 0) is 0 Å². The molecule has 4 N–H and O–H groups in total. The van der Waals surface area contributed by atoms with E-state index < -0.39 is 5.97 Å². The maximum Gasteiger partial charge on any atom is 0.337 e. The van der Waals surface area contributed by atoms with Crippen molar-refractivity contribution in [3.63, 3.8) is 0 Å². The minimum absolute atomic E-state index is 0.0744. The molecule has 0 spiro atoms. The number of nitrogens with two attached hydrogens (primary N) is 1. The molecular weight excluding hydrogens is 254 g/mol. The van der Waals surface area contributed by atoms with Crippen LogP contribution < -0.4 is 11.1 Å². The van der Waals surface area contributed by atoms with E-state index >= 15 is 0 Å². The summed E-state index contributed by atoms with van der Waals surface area (Å²) in [7, 11) is 0. The predicted molar refractivity (Wildman–Crippen MR) is 79.5 cm³/mol. The predicted octanol–water partition coefficient (Wildman–Crippen LogP) is 3.03. The van der Waals surface area contributed by atoms with Crippen LogP contribution in [0.25, 0.3) is 0 Å². The summed E-state index contributed by atoms with van der Waals surface area (Å²) < 4.78 is 0. The molecular formula is C15H17N3O2. The largest absolute Gasteiger partial charge is 0.478 e. The summed E-state index contributed by atoms with van der Waals surface area (Å²) in [6.45, 7) is 6.05. The number of aryl methyl sites for hydroxylation is 3. The maximum absolute atomic E-state index is 10.9. The number of carbonyl (C=O) groups is 1. The topological polar surface area (TPSA) is 88.2 Å². The molecule has 0 unspecified atom stereocenters. The van der Waals surface area contributed by atoms with E-state index in [2.05, 4.69) is 22.4 Å². The number of carboxylic acids is 1. The van der Waals surface area contributed by atoms with E-state index in [-0.39, 0.29) is 5.56 Å². The second-order valence-electron chi connectivity index (χ2n) is 4.87. The molecule has 1 aromatic carbocycles. The second-order valence-corrected chi connectivity index (χ2v) is 4.87.